The van der Waals surface area contributed by atoms with Gasteiger partial charge in [0.05, 0.1) is 0 Å². The van der Waals surface area contributed by atoms with Crippen molar-refractivity contribution in [2.24, 2.45) is 0 Å². The Morgan fingerprint density at radius 2 is 1.96 bits per heavy atom. The zero-order valence-electron chi connectivity index (χ0n) is 13.7. The summed E-state index contributed by atoms with van der Waals surface area (Å²) in [5, 5.41) is 13.3. The molecule has 0 aliphatic heterocycles. The highest BCUT2D eigenvalue weighted by Crippen LogP contribution is 2.23. The number of alkyl carbamates (subject to hydrolysis) is 1. The Balaban J connectivity index is 1.65. The summed E-state index contributed by atoms with van der Waals surface area (Å²) in [6.45, 7) is 0.0740. The van der Waals surface area contributed by atoms with Crippen LogP contribution in [0.3, 0.4) is 0 Å². The van der Waals surface area contributed by atoms with E-state index < -0.39 is 18.1 Å². The highest BCUT2D eigenvalue weighted by Gasteiger charge is 2.22. The van der Waals surface area contributed by atoms with Crippen molar-refractivity contribution in [1.29, 1.82) is 0 Å². The third-order valence-electron chi connectivity index (χ3n) is 3.96. The molecule has 0 saturated heterocycles. The number of nitrogens with one attached hydrogen (secondary N) is 2. The minimum Gasteiger partial charge on any atom is -0.480 e. The van der Waals surface area contributed by atoms with E-state index >= 15 is 0 Å². The van der Waals surface area contributed by atoms with Crippen molar-refractivity contribution in [3.63, 3.8) is 0 Å². The van der Waals surface area contributed by atoms with Gasteiger partial charge in [0.15, 0.2) is 0 Å². The first-order chi connectivity index (χ1) is 12.5. The number of carbonyl (C=O) groups is 2. The van der Waals surface area contributed by atoms with Gasteiger partial charge in [-0.1, -0.05) is 48.0 Å². The predicted octanol–water partition coefficient (Wildman–Crippen LogP) is 3.74. The first-order valence-corrected chi connectivity index (χ1v) is 8.36. The number of aromatic nitrogens is 1. The molecule has 2 aromatic carbocycles. The number of halogens is 1. The van der Waals surface area contributed by atoms with Gasteiger partial charge in [0.2, 0.25) is 0 Å². The number of aliphatic carboxylic acids is 1. The van der Waals surface area contributed by atoms with Gasteiger partial charge in [-0.3, -0.25) is 0 Å². The standard InChI is InChI=1S/C19H17ClN2O4/c20-14-6-7-15-13(10-21-16(15)9-14)8-17(18(23)24)22-19(25)26-11-12-4-2-1-3-5-12/h1-7,9-10,17,21H,8,11H2,(H,22,25)(H,23,24)/t17-/m0/s1. The molecular formula is C19H17ClN2O4. The van der Waals surface area contributed by atoms with E-state index in [1.54, 1.807) is 18.3 Å². The number of carboxylic acid groups (broad SMARTS) is 1. The molecule has 0 spiro atoms. The molecule has 6 nitrogen and oxygen atoms in total. The van der Waals surface area contributed by atoms with E-state index in [-0.39, 0.29) is 13.0 Å². The highest BCUT2D eigenvalue weighted by molar-refractivity contribution is 6.31. The van der Waals surface area contributed by atoms with Crippen LogP contribution in [0.4, 0.5) is 4.79 Å². The van der Waals surface area contributed by atoms with Crippen LogP contribution in [0.15, 0.2) is 54.7 Å². The van der Waals surface area contributed by atoms with Crippen molar-refractivity contribution >= 4 is 34.6 Å². The Labute approximate surface area is 154 Å². The van der Waals surface area contributed by atoms with Gasteiger partial charge in [-0.05, 0) is 23.3 Å². The normalized spacial score (nSPS) is 11.9. The van der Waals surface area contributed by atoms with Crippen molar-refractivity contribution in [2.75, 3.05) is 0 Å². The third-order valence-corrected chi connectivity index (χ3v) is 4.19. The van der Waals surface area contributed by atoms with Gasteiger partial charge in [-0.25, -0.2) is 9.59 Å². The van der Waals surface area contributed by atoms with Crippen LogP contribution in [0.1, 0.15) is 11.1 Å². The second kappa shape index (κ2) is 7.93. The predicted molar refractivity (Wildman–Crippen MR) is 98.2 cm³/mol. The first kappa shape index (κ1) is 17.8. The SMILES string of the molecule is O=C(N[C@@H](Cc1c[nH]c2cc(Cl)ccc12)C(=O)O)OCc1ccccc1. The molecule has 0 radical (unpaired) electrons. The van der Waals surface area contributed by atoms with Crippen molar-refractivity contribution in [3.05, 3.63) is 70.9 Å². The van der Waals surface area contributed by atoms with Crippen LogP contribution in [-0.4, -0.2) is 28.2 Å². The van der Waals surface area contributed by atoms with Gasteiger partial charge >= 0.3 is 12.1 Å². The zero-order chi connectivity index (χ0) is 18.5. The molecule has 7 heteroatoms. The molecule has 0 aliphatic rings. The topological polar surface area (TPSA) is 91.4 Å². The Morgan fingerprint density at radius 3 is 2.69 bits per heavy atom. The monoisotopic (exact) mass is 372 g/mol. The van der Waals surface area contributed by atoms with Crippen LogP contribution in [0.5, 0.6) is 0 Å². The van der Waals surface area contributed by atoms with Gasteiger partial charge in [0, 0.05) is 28.5 Å². The number of hydrogen-bond donors (Lipinski definition) is 3. The van der Waals surface area contributed by atoms with Gasteiger partial charge in [-0.15, -0.1) is 0 Å². The van der Waals surface area contributed by atoms with E-state index in [0.717, 1.165) is 22.0 Å². The molecule has 1 atom stereocenters. The average Bonchev–Trinajstić information content (AvgIpc) is 3.02. The van der Waals surface area contributed by atoms with E-state index in [0.29, 0.717) is 5.02 Å². The Morgan fingerprint density at radius 1 is 1.19 bits per heavy atom. The molecule has 0 bridgehead atoms. The number of carboxylic acids is 1. The zero-order valence-corrected chi connectivity index (χ0v) is 14.5. The van der Waals surface area contributed by atoms with Crippen LogP contribution in [0.25, 0.3) is 10.9 Å². The van der Waals surface area contributed by atoms with Crippen LogP contribution >= 0.6 is 11.6 Å². The minimum absolute atomic E-state index is 0.0740. The summed E-state index contributed by atoms with van der Waals surface area (Å²) in [5.41, 5.74) is 2.40. The second-order valence-corrected chi connectivity index (χ2v) is 6.24. The first-order valence-electron chi connectivity index (χ1n) is 7.98. The number of ether oxygens (including phenoxy) is 1. The summed E-state index contributed by atoms with van der Waals surface area (Å²) < 4.78 is 5.09. The number of hydrogen-bond acceptors (Lipinski definition) is 3. The molecular weight excluding hydrogens is 356 g/mol. The Bertz CT molecular complexity index is 924. The Kier molecular flexibility index (Phi) is 5.43. The molecule has 3 rings (SSSR count). The van der Waals surface area contributed by atoms with Crippen molar-refractivity contribution in [3.8, 4) is 0 Å². The van der Waals surface area contributed by atoms with E-state index in [9.17, 15) is 14.7 Å². The maximum Gasteiger partial charge on any atom is 0.408 e. The molecule has 0 saturated carbocycles. The summed E-state index contributed by atoms with van der Waals surface area (Å²) in [6.07, 6.45) is 1.06. The molecule has 1 aromatic heterocycles. The average molecular weight is 373 g/mol. The smallest absolute Gasteiger partial charge is 0.408 e. The lowest BCUT2D eigenvalue weighted by molar-refractivity contribution is -0.139. The quantitative estimate of drug-likeness (QED) is 0.614. The molecule has 26 heavy (non-hydrogen) atoms. The number of fused-ring (bicyclic) bond motifs is 1. The fourth-order valence-corrected chi connectivity index (χ4v) is 2.83. The maximum atomic E-state index is 11.9. The largest absolute Gasteiger partial charge is 0.480 e. The van der Waals surface area contributed by atoms with Gasteiger partial charge in [0.25, 0.3) is 0 Å². The molecule has 134 valence electrons. The van der Waals surface area contributed by atoms with Crippen molar-refractivity contribution in [1.82, 2.24) is 10.3 Å². The fourth-order valence-electron chi connectivity index (χ4n) is 2.65. The minimum atomic E-state index is -1.13. The molecule has 1 amide bonds. The fraction of sp³-hybridized carbons (Fsp3) is 0.158. The summed E-state index contributed by atoms with van der Waals surface area (Å²) in [6, 6.07) is 13.4. The number of aromatic amines is 1. The Hall–Kier alpha value is -2.99. The lowest BCUT2D eigenvalue weighted by Gasteiger charge is -2.14. The molecule has 1 heterocycles. The lowest BCUT2D eigenvalue weighted by Crippen LogP contribution is -2.42. The second-order valence-electron chi connectivity index (χ2n) is 5.80. The summed E-state index contributed by atoms with van der Waals surface area (Å²) in [7, 11) is 0. The van der Waals surface area contributed by atoms with Crippen LogP contribution in [0.2, 0.25) is 5.02 Å². The number of benzene rings is 2. The van der Waals surface area contributed by atoms with Gasteiger partial charge < -0.3 is 20.1 Å². The van der Waals surface area contributed by atoms with Crippen molar-refractivity contribution in [2.45, 2.75) is 19.1 Å². The van der Waals surface area contributed by atoms with Gasteiger partial charge in [-0.2, -0.15) is 0 Å². The van der Waals surface area contributed by atoms with Crippen LogP contribution in [0, 0.1) is 0 Å². The van der Waals surface area contributed by atoms with E-state index in [4.69, 9.17) is 16.3 Å². The molecule has 0 unspecified atom stereocenters. The summed E-state index contributed by atoms with van der Waals surface area (Å²) in [4.78, 5) is 26.5. The number of amides is 1. The number of rotatable bonds is 6. The number of H-pyrrole nitrogens is 1. The van der Waals surface area contributed by atoms with Gasteiger partial charge in [0.1, 0.15) is 12.6 Å². The molecule has 0 fully saturated rings. The maximum absolute atomic E-state index is 11.9. The summed E-state index contributed by atoms with van der Waals surface area (Å²) in [5.74, 6) is -1.13. The molecule has 3 N–H and O–H groups in total. The lowest BCUT2D eigenvalue weighted by atomic mass is 10.1. The van der Waals surface area contributed by atoms with Crippen LogP contribution in [-0.2, 0) is 22.6 Å². The third kappa shape index (κ3) is 4.34. The highest BCUT2D eigenvalue weighted by atomic mass is 35.5. The molecule has 0 aliphatic carbocycles. The summed E-state index contributed by atoms with van der Waals surface area (Å²) >= 11 is 5.95. The molecule has 3 aromatic rings. The van der Waals surface area contributed by atoms with E-state index in [1.807, 2.05) is 36.4 Å². The van der Waals surface area contributed by atoms with E-state index in [2.05, 4.69) is 10.3 Å². The van der Waals surface area contributed by atoms with Crippen LogP contribution < -0.4 is 5.32 Å². The van der Waals surface area contributed by atoms with Crippen molar-refractivity contribution < 1.29 is 19.4 Å². The van der Waals surface area contributed by atoms with E-state index in [1.165, 1.54) is 0 Å². The number of carbonyl (C=O) groups excluding carboxylic acids is 1.